The third kappa shape index (κ3) is 6.36. The Morgan fingerprint density at radius 3 is 2.71 bits per heavy atom. The van der Waals surface area contributed by atoms with Crippen LogP contribution in [-0.4, -0.2) is 17.7 Å². The SMILES string of the molecule is CC(Cc1ccco1)Nc1cccc(CNC(=O)OC(C)(C)C)c1. The fourth-order valence-corrected chi connectivity index (χ4v) is 2.33. The fraction of sp³-hybridized carbons (Fsp3) is 0.421. The molecule has 0 spiro atoms. The summed E-state index contributed by atoms with van der Waals surface area (Å²) in [5.41, 5.74) is 1.53. The van der Waals surface area contributed by atoms with Gasteiger partial charge in [0.25, 0.3) is 0 Å². The molecule has 1 unspecified atom stereocenters. The highest BCUT2D eigenvalue weighted by Gasteiger charge is 2.15. The van der Waals surface area contributed by atoms with Crippen LogP contribution in [0.4, 0.5) is 10.5 Å². The number of ether oxygens (including phenoxy) is 1. The summed E-state index contributed by atoms with van der Waals surface area (Å²) in [7, 11) is 0. The van der Waals surface area contributed by atoms with Gasteiger partial charge >= 0.3 is 6.09 Å². The van der Waals surface area contributed by atoms with Crippen LogP contribution in [0.15, 0.2) is 47.1 Å². The molecule has 1 aromatic heterocycles. The van der Waals surface area contributed by atoms with E-state index in [1.807, 2.05) is 57.2 Å². The molecule has 2 rings (SSSR count). The molecule has 5 nitrogen and oxygen atoms in total. The summed E-state index contributed by atoms with van der Waals surface area (Å²) >= 11 is 0. The van der Waals surface area contributed by atoms with Crippen molar-refractivity contribution in [3.05, 3.63) is 54.0 Å². The van der Waals surface area contributed by atoms with Crippen molar-refractivity contribution in [3.63, 3.8) is 0 Å². The van der Waals surface area contributed by atoms with Gasteiger partial charge in [0.05, 0.1) is 6.26 Å². The molecule has 2 N–H and O–H groups in total. The predicted octanol–water partition coefficient (Wildman–Crippen LogP) is 4.35. The minimum atomic E-state index is -0.491. The van der Waals surface area contributed by atoms with Crippen LogP contribution in [0.5, 0.6) is 0 Å². The van der Waals surface area contributed by atoms with Crippen LogP contribution in [0.25, 0.3) is 0 Å². The molecule has 130 valence electrons. The van der Waals surface area contributed by atoms with E-state index in [1.54, 1.807) is 6.26 Å². The highest BCUT2D eigenvalue weighted by molar-refractivity contribution is 5.67. The molecule has 5 heteroatoms. The van der Waals surface area contributed by atoms with E-state index in [0.29, 0.717) is 6.54 Å². The third-order valence-electron chi connectivity index (χ3n) is 3.26. The number of hydrogen-bond donors (Lipinski definition) is 2. The molecular weight excluding hydrogens is 304 g/mol. The molecule has 2 aromatic rings. The van der Waals surface area contributed by atoms with Crippen LogP contribution in [0.3, 0.4) is 0 Å². The number of benzene rings is 1. The molecule has 0 aliphatic heterocycles. The first-order valence-corrected chi connectivity index (χ1v) is 8.16. The number of amides is 1. The average Bonchev–Trinajstić information content (AvgIpc) is 2.96. The van der Waals surface area contributed by atoms with Crippen LogP contribution in [0.2, 0.25) is 0 Å². The van der Waals surface area contributed by atoms with E-state index in [-0.39, 0.29) is 6.04 Å². The van der Waals surface area contributed by atoms with Crippen molar-refractivity contribution < 1.29 is 13.9 Å². The van der Waals surface area contributed by atoms with Gasteiger partial charge in [0.2, 0.25) is 0 Å². The van der Waals surface area contributed by atoms with Crippen LogP contribution >= 0.6 is 0 Å². The maximum atomic E-state index is 11.7. The Labute approximate surface area is 143 Å². The van der Waals surface area contributed by atoms with E-state index >= 15 is 0 Å². The third-order valence-corrected chi connectivity index (χ3v) is 3.26. The summed E-state index contributed by atoms with van der Waals surface area (Å²) in [5, 5.41) is 6.21. The van der Waals surface area contributed by atoms with Gasteiger partial charge in [0, 0.05) is 24.7 Å². The number of furan rings is 1. The normalized spacial score (nSPS) is 12.5. The van der Waals surface area contributed by atoms with E-state index in [4.69, 9.17) is 9.15 Å². The smallest absolute Gasteiger partial charge is 0.407 e. The number of hydrogen-bond acceptors (Lipinski definition) is 4. The summed E-state index contributed by atoms with van der Waals surface area (Å²) < 4.78 is 10.6. The maximum Gasteiger partial charge on any atom is 0.407 e. The molecule has 0 bridgehead atoms. The van der Waals surface area contributed by atoms with Gasteiger partial charge in [-0.05, 0) is 57.5 Å². The number of anilines is 1. The number of carbonyl (C=O) groups excluding carboxylic acids is 1. The first-order chi connectivity index (χ1) is 11.3. The van der Waals surface area contributed by atoms with Crippen LogP contribution in [0.1, 0.15) is 39.0 Å². The molecule has 0 saturated carbocycles. The van der Waals surface area contributed by atoms with Crippen molar-refractivity contribution in [1.29, 1.82) is 0 Å². The van der Waals surface area contributed by atoms with Gasteiger partial charge in [0.1, 0.15) is 11.4 Å². The van der Waals surface area contributed by atoms with Crippen molar-refractivity contribution in [2.24, 2.45) is 0 Å². The molecule has 24 heavy (non-hydrogen) atoms. The molecule has 1 heterocycles. The van der Waals surface area contributed by atoms with Crippen LogP contribution in [0, 0.1) is 0 Å². The van der Waals surface area contributed by atoms with Gasteiger partial charge in [-0.2, -0.15) is 0 Å². The summed E-state index contributed by atoms with van der Waals surface area (Å²) in [6.45, 7) is 8.07. The minimum Gasteiger partial charge on any atom is -0.469 e. The highest BCUT2D eigenvalue weighted by atomic mass is 16.6. The van der Waals surface area contributed by atoms with Gasteiger partial charge in [-0.15, -0.1) is 0 Å². The second kappa shape index (κ2) is 7.90. The lowest BCUT2D eigenvalue weighted by Crippen LogP contribution is -2.32. The average molecular weight is 330 g/mol. The Hall–Kier alpha value is -2.43. The molecule has 0 aliphatic rings. The fourth-order valence-electron chi connectivity index (χ4n) is 2.33. The quantitative estimate of drug-likeness (QED) is 0.826. The lowest BCUT2D eigenvalue weighted by Gasteiger charge is -2.20. The summed E-state index contributed by atoms with van der Waals surface area (Å²) in [6, 6.07) is 12.1. The number of carbonyl (C=O) groups is 1. The first-order valence-electron chi connectivity index (χ1n) is 8.16. The lowest BCUT2D eigenvalue weighted by molar-refractivity contribution is 0.0523. The Balaban J connectivity index is 1.85. The highest BCUT2D eigenvalue weighted by Crippen LogP contribution is 2.14. The molecule has 1 amide bonds. The lowest BCUT2D eigenvalue weighted by atomic mass is 10.1. The van der Waals surface area contributed by atoms with Gasteiger partial charge in [-0.25, -0.2) is 4.79 Å². The second-order valence-electron chi connectivity index (χ2n) is 6.88. The van der Waals surface area contributed by atoms with Crippen molar-refractivity contribution in [2.45, 2.75) is 52.3 Å². The standard InChI is InChI=1S/C19H26N2O3/c1-14(11-17-9-6-10-23-17)21-16-8-5-7-15(12-16)13-20-18(22)24-19(2,3)4/h5-10,12,14,21H,11,13H2,1-4H3,(H,20,22). The van der Waals surface area contributed by atoms with E-state index in [9.17, 15) is 4.79 Å². The second-order valence-corrected chi connectivity index (χ2v) is 6.88. The molecule has 0 fully saturated rings. The van der Waals surface area contributed by atoms with E-state index in [1.165, 1.54) is 0 Å². The topological polar surface area (TPSA) is 63.5 Å². The number of alkyl carbamates (subject to hydrolysis) is 1. The monoisotopic (exact) mass is 330 g/mol. The summed E-state index contributed by atoms with van der Waals surface area (Å²) in [4.78, 5) is 11.7. The zero-order valence-corrected chi connectivity index (χ0v) is 14.8. The number of nitrogens with one attached hydrogen (secondary N) is 2. The predicted molar refractivity (Wildman–Crippen MR) is 95.0 cm³/mol. The van der Waals surface area contributed by atoms with Crippen LogP contribution in [-0.2, 0) is 17.7 Å². The molecule has 1 atom stereocenters. The van der Waals surface area contributed by atoms with Gasteiger partial charge in [-0.3, -0.25) is 0 Å². The Morgan fingerprint density at radius 1 is 1.25 bits per heavy atom. The van der Waals surface area contributed by atoms with Crippen molar-refractivity contribution >= 4 is 11.8 Å². The Kier molecular flexibility index (Phi) is 5.90. The molecular formula is C19H26N2O3. The molecule has 0 saturated heterocycles. The zero-order valence-electron chi connectivity index (χ0n) is 14.8. The van der Waals surface area contributed by atoms with Gasteiger partial charge < -0.3 is 19.8 Å². The van der Waals surface area contributed by atoms with Crippen molar-refractivity contribution in [1.82, 2.24) is 5.32 Å². The summed E-state index contributed by atoms with van der Waals surface area (Å²) in [5.74, 6) is 0.956. The molecule has 0 radical (unpaired) electrons. The number of rotatable bonds is 6. The first kappa shape index (κ1) is 17.9. The summed E-state index contributed by atoms with van der Waals surface area (Å²) in [6.07, 6.45) is 2.09. The van der Waals surface area contributed by atoms with Crippen molar-refractivity contribution in [2.75, 3.05) is 5.32 Å². The van der Waals surface area contributed by atoms with E-state index in [2.05, 4.69) is 17.6 Å². The Bertz CT molecular complexity index is 645. The maximum absolute atomic E-state index is 11.7. The molecule has 0 aliphatic carbocycles. The molecule has 1 aromatic carbocycles. The van der Waals surface area contributed by atoms with E-state index < -0.39 is 11.7 Å². The van der Waals surface area contributed by atoms with E-state index in [0.717, 1.165) is 23.4 Å². The minimum absolute atomic E-state index is 0.241. The van der Waals surface area contributed by atoms with Gasteiger partial charge in [0.15, 0.2) is 0 Å². The van der Waals surface area contributed by atoms with Crippen molar-refractivity contribution in [3.8, 4) is 0 Å². The Morgan fingerprint density at radius 2 is 2.04 bits per heavy atom. The van der Waals surface area contributed by atoms with Gasteiger partial charge in [-0.1, -0.05) is 12.1 Å². The largest absolute Gasteiger partial charge is 0.469 e. The zero-order chi connectivity index (χ0) is 17.6. The van der Waals surface area contributed by atoms with Crippen LogP contribution < -0.4 is 10.6 Å².